The Labute approximate surface area is 146 Å². The molecular formula is C16H21NO7S. The molecule has 1 aromatic rings. The van der Waals surface area contributed by atoms with Crippen LogP contribution in [0.4, 0.5) is 0 Å². The topological polar surface area (TPSA) is 110 Å². The molecule has 0 spiro atoms. The number of nitrogens with zero attached hydrogens (tertiary/aromatic N) is 1. The van der Waals surface area contributed by atoms with E-state index < -0.39 is 27.4 Å². The Morgan fingerprint density at radius 2 is 2.00 bits per heavy atom. The largest absolute Gasteiger partial charge is 0.497 e. The van der Waals surface area contributed by atoms with Crippen molar-refractivity contribution in [2.75, 3.05) is 27.3 Å². The molecular weight excluding hydrogens is 350 g/mol. The summed E-state index contributed by atoms with van der Waals surface area (Å²) in [5.74, 6) is -1.20. The second kappa shape index (κ2) is 7.01. The summed E-state index contributed by atoms with van der Waals surface area (Å²) in [6.07, 6.45) is -0.00362. The average Bonchev–Trinajstić information content (AvgIpc) is 2.99. The molecule has 1 aromatic carbocycles. The van der Waals surface area contributed by atoms with E-state index in [-0.39, 0.29) is 36.4 Å². The van der Waals surface area contributed by atoms with E-state index in [0.717, 1.165) is 4.31 Å². The molecule has 0 saturated carbocycles. The Kier molecular flexibility index (Phi) is 5.38. The number of carbonyl (C=O) groups excluding carboxylic acids is 1. The van der Waals surface area contributed by atoms with Gasteiger partial charge in [-0.15, -0.1) is 0 Å². The van der Waals surface area contributed by atoms with Crippen LogP contribution in [0.1, 0.15) is 18.9 Å². The zero-order valence-corrected chi connectivity index (χ0v) is 15.1. The van der Waals surface area contributed by atoms with Crippen molar-refractivity contribution in [1.29, 1.82) is 0 Å². The van der Waals surface area contributed by atoms with Crippen molar-refractivity contribution in [3.8, 4) is 5.75 Å². The lowest BCUT2D eigenvalue weighted by Gasteiger charge is -2.21. The van der Waals surface area contributed by atoms with Crippen LogP contribution in [0.5, 0.6) is 5.75 Å². The Morgan fingerprint density at radius 1 is 1.32 bits per heavy atom. The maximum absolute atomic E-state index is 13.0. The highest BCUT2D eigenvalue weighted by Crippen LogP contribution is 2.35. The molecule has 1 unspecified atom stereocenters. The fourth-order valence-electron chi connectivity index (χ4n) is 2.74. The molecule has 0 aliphatic carbocycles. The third kappa shape index (κ3) is 3.77. The molecule has 25 heavy (non-hydrogen) atoms. The SMILES string of the molecule is COC(=O)Cc1cc(OC)ccc1S(=O)(=O)N1CCC(C)(C(=O)O)C1. The van der Waals surface area contributed by atoms with Crippen molar-refractivity contribution in [3.63, 3.8) is 0 Å². The number of rotatable bonds is 6. The Bertz CT molecular complexity index is 790. The van der Waals surface area contributed by atoms with Crippen molar-refractivity contribution in [2.45, 2.75) is 24.7 Å². The van der Waals surface area contributed by atoms with Gasteiger partial charge >= 0.3 is 11.9 Å². The van der Waals surface area contributed by atoms with Crippen molar-refractivity contribution in [1.82, 2.24) is 4.31 Å². The third-order valence-corrected chi connectivity index (χ3v) is 6.35. The normalized spacial score (nSPS) is 21.1. The number of methoxy groups -OCH3 is 2. The summed E-state index contributed by atoms with van der Waals surface area (Å²) in [7, 11) is -1.29. The predicted molar refractivity (Wildman–Crippen MR) is 87.8 cm³/mol. The number of hydrogen-bond acceptors (Lipinski definition) is 6. The highest BCUT2D eigenvalue weighted by Gasteiger charge is 2.45. The van der Waals surface area contributed by atoms with Crippen LogP contribution >= 0.6 is 0 Å². The van der Waals surface area contributed by atoms with Gasteiger partial charge in [0, 0.05) is 13.1 Å². The van der Waals surface area contributed by atoms with Gasteiger partial charge in [0.15, 0.2) is 0 Å². The van der Waals surface area contributed by atoms with Gasteiger partial charge in [0.1, 0.15) is 5.75 Å². The molecule has 2 rings (SSSR count). The zero-order chi connectivity index (χ0) is 18.8. The van der Waals surface area contributed by atoms with Gasteiger partial charge in [-0.3, -0.25) is 9.59 Å². The molecule has 1 saturated heterocycles. The second-order valence-electron chi connectivity index (χ2n) is 6.18. The molecule has 8 nitrogen and oxygen atoms in total. The highest BCUT2D eigenvalue weighted by atomic mass is 32.2. The first-order valence-corrected chi connectivity index (χ1v) is 9.05. The number of esters is 1. The second-order valence-corrected chi connectivity index (χ2v) is 8.09. The van der Waals surface area contributed by atoms with Gasteiger partial charge < -0.3 is 14.6 Å². The van der Waals surface area contributed by atoms with Crippen LogP contribution in [0, 0.1) is 5.41 Å². The smallest absolute Gasteiger partial charge is 0.310 e. The summed E-state index contributed by atoms with van der Waals surface area (Å²) >= 11 is 0. The lowest BCUT2D eigenvalue weighted by atomic mass is 9.90. The lowest BCUT2D eigenvalue weighted by Crippen LogP contribution is -2.35. The number of carbonyl (C=O) groups is 2. The van der Waals surface area contributed by atoms with Crippen molar-refractivity contribution in [3.05, 3.63) is 23.8 Å². The summed E-state index contributed by atoms with van der Waals surface area (Å²) < 4.78 is 36.8. The number of aliphatic carboxylic acids is 1. The van der Waals surface area contributed by atoms with Crippen LogP contribution in [-0.2, 0) is 30.8 Å². The number of ether oxygens (including phenoxy) is 2. The van der Waals surface area contributed by atoms with Crippen LogP contribution in [0.25, 0.3) is 0 Å². The van der Waals surface area contributed by atoms with Crippen LogP contribution in [0.3, 0.4) is 0 Å². The number of hydrogen-bond donors (Lipinski definition) is 1. The molecule has 1 N–H and O–H groups in total. The van der Waals surface area contributed by atoms with Crippen LogP contribution in [-0.4, -0.2) is 57.1 Å². The lowest BCUT2D eigenvalue weighted by molar-refractivity contribution is -0.147. The third-order valence-electron chi connectivity index (χ3n) is 4.40. The summed E-state index contributed by atoms with van der Waals surface area (Å²) in [6, 6.07) is 4.32. The number of sulfonamides is 1. The molecule has 1 aliphatic rings. The summed E-state index contributed by atoms with van der Waals surface area (Å²) in [6.45, 7) is 1.51. The van der Waals surface area contributed by atoms with E-state index in [4.69, 9.17) is 4.74 Å². The quantitative estimate of drug-likeness (QED) is 0.740. The Morgan fingerprint density at radius 3 is 2.52 bits per heavy atom. The van der Waals surface area contributed by atoms with Crippen LogP contribution in [0.2, 0.25) is 0 Å². The van der Waals surface area contributed by atoms with E-state index >= 15 is 0 Å². The molecule has 138 valence electrons. The van der Waals surface area contributed by atoms with Crippen LogP contribution < -0.4 is 4.74 Å². The molecule has 0 amide bonds. The summed E-state index contributed by atoms with van der Waals surface area (Å²) in [4.78, 5) is 22.9. The van der Waals surface area contributed by atoms with Gasteiger partial charge in [-0.2, -0.15) is 4.31 Å². The molecule has 0 radical (unpaired) electrons. The summed E-state index contributed by atoms with van der Waals surface area (Å²) in [5, 5.41) is 9.30. The minimum atomic E-state index is -3.95. The zero-order valence-electron chi connectivity index (χ0n) is 14.3. The van der Waals surface area contributed by atoms with E-state index in [1.54, 1.807) is 0 Å². The molecule has 1 aliphatic heterocycles. The maximum atomic E-state index is 13.0. The first-order chi connectivity index (χ1) is 11.6. The van der Waals surface area contributed by atoms with Crippen molar-refractivity contribution < 1.29 is 32.6 Å². The molecule has 1 atom stereocenters. The monoisotopic (exact) mass is 371 g/mol. The maximum Gasteiger partial charge on any atom is 0.310 e. The van der Waals surface area contributed by atoms with Gasteiger partial charge in [0.05, 0.1) is 31.0 Å². The molecule has 1 fully saturated rings. The van der Waals surface area contributed by atoms with Gasteiger partial charge in [0.2, 0.25) is 10.0 Å². The van der Waals surface area contributed by atoms with E-state index in [2.05, 4.69) is 4.74 Å². The van der Waals surface area contributed by atoms with Gasteiger partial charge in [0.25, 0.3) is 0 Å². The molecule has 9 heteroatoms. The van der Waals surface area contributed by atoms with E-state index in [1.807, 2.05) is 0 Å². The number of benzene rings is 1. The van der Waals surface area contributed by atoms with Gasteiger partial charge in [-0.1, -0.05) is 0 Å². The minimum Gasteiger partial charge on any atom is -0.497 e. The standard InChI is InChI=1S/C16H21NO7S/c1-16(15(19)20)6-7-17(10-16)25(21,22)13-5-4-12(23-2)8-11(13)9-14(18)24-3/h4-5,8H,6-7,9-10H2,1-3H3,(H,19,20). The van der Waals surface area contributed by atoms with Crippen LogP contribution in [0.15, 0.2) is 23.1 Å². The minimum absolute atomic E-state index is 0.0478. The molecule has 0 aromatic heterocycles. The Hall–Kier alpha value is -2.13. The Balaban J connectivity index is 2.42. The van der Waals surface area contributed by atoms with E-state index in [1.165, 1.54) is 39.3 Å². The highest BCUT2D eigenvalue weighted by molar-refractivity contribution is 7.89. The summed E-state index contributed by atoms with van der Waals surface area (Å²) in [5.41, 5.74) is -0.877. The fraction of sp³-hybridized carbons (Fsp3) is 0.500. The van der Waals surface area contributed by atoms with Crippen molar-refractivity contribution in [2.24, 2.45) is 5.41 Å². The number of carboxylic acid groups (broad SMARTS) is 1. The van der Waals surface area contributed by atoms with Gasteiger partial charge in [-0.25, -0.2) is 8.42 Å². The van der Waals surface area contributed by atoms with Crippen molar-refractivity contribution >= 4 is 22.0 Å². The molecule has 0 bridgehead atoms. The predicted octanol–water partition coefficient (Wildman–Crippen LogP) is 0.896. The van der Waals surface area contributed by atoms with Gasteiger partial charge in [-0.05, 0) is 37.1 Å². The molecule has 1 heterocycles. The first-order valence-electron chi connectivity index (χ1n) is 7.61. The average molecular weight is 371 g/mol. The van der Waals surface area contributed by atoms with E-state index in [0.29, 0.717) is 5.75 Å². The number of carboxylic acids is 1. The van der Waals surface area contributed by atoms with E-state index in [9.17, 15) is 23.1 Å². The fourth-order valence-corrected chi connectivity index (χ4v) is 4.51. The first kappa shape index (κ1) is 19.2.